The molecule has 0 aromatic heterocycles. The number of amides is 2. The van der Waals surface area contributed by atoms with Gasteiger partial charge in [0.2, 0.25) is 0 Å². The van der Waals surface area contributed by atoms with Crippen LogP contribution in [0.2, 0.25) is 0 Å². The van der Waals surface area contributed by atoms with E-state index in [4.69, 9.17) is 0 Å². The standard InChI is InChI=1S/C13H16N2O3/c1-3-8-14-13(17)15-9-10-4-6-11(7-5-10)12(16)18-2/h3-8H,9H2,1-2H3,(H2,14,15,17)/b8-3+. The Morgan fingerprint density at radius 1 is 1.28 bits per heavy atom. The van der Waals surface area contributed by atoms with Crippen LogP contribution in [0.15, 0.2) is 36.5 Å². The van der Waals surface area contributed by atoms with Crippen molar-refractivity contribution in [3.05, 3.63) is 47.7 Å². The van der Waals surface area contributed by atoms with Crippen molar-refractivity contribution in [2.75, 3.05) is 7.11 Å². The van der Waals surface area contributed by atoms with Crippen molar-refractivity contribution >= 4 is 12.0 Å². The van der Waals surface area contributed by atoms with E-state index in [1.807, 2.05) is 6.92 Å². The number of nitrogens with one attached hydrogen (secondary N) is 2. The van der Waals surface area contributed by atoms with Crippen molar-refractivity contribution in [2.24, 2.45) is 0 Å². The Kier molecular flexibility index (Phi) is 5.44. The summed E-state index contributed by atoms with van der Waals surface area (Å²) in [6.07, 6.45) is 3.28. The summed E-state index contributed by atoms with van der Waals surface area (Å²) in [7, 11) is 1.34. The van der Waals surface area contributed by atoms with Crippen LogP contribution < -0.4 is 10.6 Å². The molecule has 18 heavy (non-hydrogen) atoms. The van der Waals surface area contributed by atoms with Gasteiger partial charge in [-0.1, -0.05) is 18.2 Å². The van der Waals surface area contributed by atoms with Crippen molar-refractivity contribution in [2.45, 2.75) is 13.5 Å². The highest BCUT2D eigenvalue weighted by atomic mass is 16.5. The Hall–Kier alpha value is -2.30. The molecule has 5 heteroatoms. The number of esters is 1. The molecule has 0 aliphatic carbocycles. The fourth-order valence-corrected chi connectivity index (χ4v) is 1.27. The van der Waals surface area contributed by atoms with Crippen molar-refractivity contribution < 1.29 is 14.3 Å². The lowest BCUT2D eigenvalue weighted by Crippen LogP contribution is -2.31. The maximum Gasteiger partial charge on any atom is 0.337 e. The summed E-state index contributed by atoms with van der Waals surface area (Å²) < 4.78 is 4.59. The second-order valence-electron chi connectivity index (χ2n) is 3.52. The van der Waals surface area contributed by atoms with Gasteiger partial charge in [0.1, 0.15) is 0 Å². The van der Waals surface area contributed by atoms with E-state index in [0.717, 1.165) is 5.56 Å². The number of carbonyl (C=O) groups is 2. The van der Waals surface area contributed by atoms with Crippen LogP contribution in [0.25, 0.3) is 0 Å². The summed E-state index contributed by atoms with van der Waals surface area (Å²) >= 11 is 0. The Labute approximate surface area is 106 Å². The maximum absolute atomic E-state index is 11.2. The topological polar surface area (TPSA) is 67.4 Å². The third-order valence-electron chi connectivity index (χ3n) is 2.21. The zero-order valence-electron chi connectivity index (χ0n) is 10.4. The molecule has 5 nitrogen and oxygen atoms in total. The average Bonchev–Trinajstić information content (AvgIpc) is 2.42. The molecule has 0 heterocycles. The molecule has 0 unspecified atom stereocenters. The Morgan fingerprint density at radius 2 is 1.94 bits per heavy atom. The van der Waals surface area contributed by atoms with Gasteiger partial charge in [0.25, 0.3) is 0 Å². The first-order chi connectivity index (χ1) is 8.67. The number of methoxy groups -OCH3 is 1. The van der Waals surface area contributed by atoms with Crippen LogP contribution >= 0.6 is 0 Å². The molecule has 0 fully saturated rings. The predicted molar refractivity (Wildman–Crippen MR) is 68.0 cm³/mol. The normalized spacial score (nSPS) is 10.1. The first-order valence-electron chi connectivity index (χ1n) is 5.50. The molecule has 0 aliphatic rings. The van der Waals surface area contributed by atoms with Crippen LogP contribution in [0.5, 0.6) is 0 Å². The van der Waals surface area contributed by atoms with E-state index in [0.29, 0.717) is 12.1 Å². The lowest BCUT2D eigenvalue weighted by Gasteiger charge is -2.05. The minimum Gasteiger partial charge on any atom is -0.465 e. The Balaban J connectivity index is 2.49. The molecule has 2 N–H and O–H groups in total. The van der Waals surface area contributed by atoms with Gasteiger partial charge >= 0.3 is 12.0 Å². The predicted octanol–water partition coefficient (Wildman–Crippen LogP) is 1.81. The summed E-state index contributed by atoms with van der Waals surface area (Å²) in [6.45, 7) is 2.21. The largest absolute Gasteiger partial charge is 0.465 e. The summed E-state index contributed by atoms with van der Waals surface area (Å²) in [6, 6.07) is 6.58. The zero-order valence-corrected chi connectivity index (χ0v) is 10.4. The Morgan fingerprint density at radius 3 is 2.50 bits per heavy atom. The third-order valence-corrected chi connectivity index (χ3v) is 2.21. The minimum atomic E-state index is -0.375. The molecule has 1 aromatic rings. The maximum atomic E-state index is 11.2. The molecule has 0 spiro atoms. The molecule has 0 atom stereocenters. The molecular weight excluding hydrogens is 232 g/mol. The first kappa shape index (κ1) is 13.8. The highest BCUT2D eigenvalue weighted by Gasteiger charge is 2.04. The summed E-state index contributed by atoms with van der Waals surface area (Å²) in [5, 5.41) is 5.22. The molecule has 0 saturated carbocycles. The van der Waals surface area contributed by atoms with Crippen molar-refractivity contribution in [3.8, 4) is 0 Å². The molecular formula is C13H16N2O3. The quantitative estimate of drug-likeness (QED) is 0.798. The van der Waals surface area contributed by atoms with Crippen LogP contribution in [-0.4, -0.2) is 19.1 Å². The number of hydrogen-bond donors (Lipinski definition) is 2. The smallest absolute Gasteiger partial charge is 0.337 e. The number of rotatable bonds is 4. The molecule has 1 aromatic carbocycles. The van der Waals surface area contributed by atoms with Gasteiger partial charge in [-0.2, -0.15) is 0 Å². The zero-order chi connectivity index (χ0) is 13.4. The van der Waals surface area contributed by atoms with Gasteiger partial charge in [-0.25, -0.2) is 9.59 Å². The number of allylic oxidation sites excluding steroid dienone is 1. The van der Waals surface area contributed by atoms with Gasteiger partial charge in [0.15, 0.2) is 0 Å². The van der Waals surface area contributed by atoms with E-state index >= 15 is 0 Å². The van der Waals surface area contributed by atoms with E-state index < -0.39 is 0 Å². The Bertz CT molecular complexity index is 438. The molecule has 1 rings (SSSR count). The van der Waals surface area contributed by atoms with E-state index in [-0.39, 0.29) is 12.0 Å². The van der Waals surface area contributed by atoms with Gasteiger partial charge in [-0.3, -0.25) is 0 Å². The van der Waals surface area contributed by atoms with Gasteiger partial charge in [-0.15, -0.1) is 0 Å². The van der Waals surface area contributed by atoms with Crippen molar-refractivity contribution in [1.82, 2.24) is 10.6 Å². The number of benzene rings is 1. The second-order valence-corrected chi connectivity index (χ2v) is 3.52. The van der Waals surface area contributed by atoms with E-state index in [9.17, 15) is 9.59 Å². The lowest BCUT2D eigenvalue weighted by molar-refractivity contribution is 0.0600. The van der Waals surface area contributed by atoms with Crippen LogP contribution in [0.1, 0.15) is 22.8 Å². The van der Waals surface area contributed by atoms with Gasteiger partial charge in [0, 0.05) is 12.7 Å². The van der Waals surface area contributed by atoms with E-state index in [1.54, 1.807) is 36.5 Å². The minimum absolute atomic E-state index is 0.273. The van der Waals surface area contributed by atoms with Crippen LogP contribution in [0.4, 0.5) is 4.79 Å². The van der Waals surface area contributed by atoms with Crippen molar-refractivity contribution in [1.29, 1.82) is 0 Å². The number of hydrogen-bond acceptors (Lipinski definition) is 3. The van der Waals surface area contributed by atoms with Crippen LogP contribution in [0.3, 0.4) is 0 Å². The van der Waals surface area contributed by atoms with Gasteiger partial charge in [0.05, 0.1) is 12.7 Å². The highest BCUT2D eigenvalue weighted by molar-refractivity contribution is 5.89. The molecule has 0 bridgehead atoms. The van der Waals surface area contributed by atoms with Crippen LogP contribution in [-0.2, 0) is 11.3 Å². The monoisotopic (exact) mass is 248 g/mol. The molecule has 0 saturated heterocycles. The molecule has 96 valence electrons. The van der Waals surface area contributed by atoms with Gasteiger partial charge < -0.3 is 15.4 Å². The fraction of sp³-hybridized carbons (Fsp3) is 0.231. The van der Waals surface area contributed by atoms with Gasteiger partial charge in [-0.05, 0) is 24.6 Å². The fourth-order valence-electron chi connectivity index (χ4n) is 1.27. The molecule has 2 amide bonds. The third kappa shape index (κ3) is 4.29. The number of ether oxygens (including phenoxy) is 1. The lowest BCUT2D eigenvalue weighted by atomic mass is 10.1. The second kappa shape index (κ2) is 7.11. The summed E-state index contributed by atoms with van der Waals surface area (Å²) in [5.74, 6) is -0.375. The average molecular weight is 248 g/mol. The first-order valence-corrected chi connectivity index (χ1v) is 5.50. The van der Waals surface area contributed by atoms with E-state index in [2.05, 4.69) is 15.4 Å². The van der Waals surface area contributed by atoms with E-state index in [1.165, 1.54) is 7.11 Å². The van der Waals surface area contributed by atoms with Crippen molar-refractivity contribution in [3.63, 3.8) is 0 Å². The summed E-state index contributed by atoms with van der Waals surface area (Å²) in [5.41, 5.74) is 1.39. The number of carbonyl (C=O) groups excluding carboxylic acids is 2. The highest BCUT2D eigenvalue weighted by Crippen LogP contribution is 2.05. The molecule has 0 aliphatic heterocycles. The SMILES string of the molecule is C/C=C/NC(=O)NCc1ccc(C(=O)OC)cc1. The number of urea groups is 1. The van der Waals surface area contributed by atoms with Crippen LogP contribution in [0, 0.1) is 0 Å². The molecule has 0 radical (unpaired) electrons. The summed E-state index contributed by atoms with van der Waals surface area (Å²) in [4.78, 5) is 22.4.